The number of aliphatic hydroxyl groups is 1. The van der Waals surface area contributed by atoms with Crippen LogP contribution in [-0.2, 0) is 4.74 Å². The van der Waals surface area contributed by atoms with Crippen molar-refractivity contribution in [1.82, 2.24) is 15.5 Å². The summed E-state index contributed by atoms with van der Waals surface area (Å²) in [4.78, 5) is 7.15. The monoisotopic (exact) mass is 376 g/mol. The maximum Gasteiger partial charge on any atom is 0.191 e. The smallest absolute Gasteiger partial charge is 0.191 e. The Morgan fingerprint density at radius 3 is 2.74 bits per heavy atom. The lowest BCUT2D eigenvalue weighted by molar-refractivity contribution is -0.0284. The zero-order valence-electron chi connectivity index (χ0n) is 17.0. The zero-order chi connectivity index (χ0) is 19.5. The molecule has 2 atom stereocenters. The van der Waals surface area contributed by atoms with Gasteiger partial charge in [0.15, 0.2) is 5.96 Å². The first-order chi connectivity index (χ1) is 13.1. The Morgan fingerprint density at radius 2 is 2.07 bits per heavy atom. The maximum absolute atomic E-state index is 9.72. The topological polar surface area (TPSA) is 69.1 Å². The molecule has 0 radical (unpaired) electrons. The Hall–Kier alpha value is -1.63. The van der Waals surface area contributed by atoms with E-state index >= 15 is 0 Å². The maximum atomic E-state index is 9.72. The van der Waals surface area contributed by atoms with Crippen molar-refractivity contribution in [3.05, 3.63) is 35.9 Å². The number of benzene rings is 1. The zero-order valence-corrected chi connectivity index (χ0v) is 17.0. The van der Waals surface area contributed by atoms with Gasteiger partial charge >= 0.3 is 0 Å². The van der Waals surface area contributed by atoms with Crippen molar-refractivity contribution in [2.24, 2.45) is 10.9 Å². The number of aliphatic imine (C=N–C) groups is 1. The van der Waals surface area contributed by atoms with E-state index in [0.717, 1.165) is 50.9 Å². The van der Waals surface area contributed by atoms with Crippen LogP contribution in [0.25, 0.3) is 0 Å². The normalized spacial score (nSPS) is 19.9. The Labute approximate surface area is 164 Å². The first-order valence-corrected chi connectivity index (χ1v) is 10.1. The van der Waals surface area contributed by atoms with Gasteiger partial charge in [0.25, 0.3) is 0 Å². The number of morpholine rings is 1. The van der Waals surface area contributed by atoms with Crippen LogP contribution in [0.4, 0.5) is 0 Å². The Kier molecular flexibility index (Phi) is 9.59. The number of aliphatic hydroxyl groups excluding tert-OH is 1. The van der Waals surface area contributed by atoms with Gasteiger partial charge < -0.3 is 20.5 Å². The van der Waals surface area contributed by atoms with E-state index in [1.165, 1.54) is 0 Å². The van der Waals surface area contributed by atoms with Gasteiger partial charge in [-0.3, -0.25) is 9.89 Å². The van der Waals surface area contributed by atoms with Crippen LogP contribution in [0.1, 0.15) is 32.3 Å². The van der Waals surface area contributed by atoms with E-state index in [1.54, 1.807) is 0 Å². The molecule has 1 aromatic rings. The molecule has 0 saturated carbocycles. The van der Waals surface area contributed by atoms with Gasteiger partial charge in [-0.1, -0.05) is 44.2 Å². The van der Waals surface area contributed by atoms with Crippen LogP contribution in [-0.4, -0.2) is 74.6 Å². The summed E-state index contributed by atoms with van der Waals surface area (Å²) in [6, 6.07) is 10.1. The SMILES string of the molecule is CCNC(=NCC(CO)c1ccccc1)NCC1CN(CC(C)C)CCO1. The standard InChI is InChI=1S/C21H36N4O2/c1-4-22-21(23-12-19(16-26)18-8-6-5-7-9-18)24-13-20-15-25(10-11-27-20)14-17(2)3/h5-9,17,19-20,26H,4,10-16H2,1-3H3,(H2,22,23,24). The molecule has 6 heteroatoms. The molecule has 2 rings (SSSR count). The molecule has 1 aliphatic heterocycles. The molecule has 0 bridgehead atoms. The number of guanidine groups is 1. The van der Waals surface area contributed by atoms with Crippen LogP contribution >= 0.6 is 0 Å². The van der Waals surface area contributed by atoms with Gasteiger partial charge in [-0.15, -0.1) is 0 Å². The molecule has 0 aliphatic carbocycles. The van der Waals surface area contributed by atoms with Crippen LogP contribution in [0, 0.1) is 5.92 Å². The van der Waals surface area contributed by atoms with E-state index < -0.39 is 0 Å². The highest BCUT2D eigenvalue weighted by molar-refractivity contribution is 5.79. The van der Waals surface area contributed by atoms with E-state index in [1.807, 2.05) is 30.3 Å². The third kappa shape index (κ3) is 7.87. The van der Waals surface area contributed by atoms with Crippen molar-refractivity contribution in [3.8, 4) is 0 Å². The molecule has 1 aliphatic rings. The highest BCUT2D eigenvalue weighted by Gasteiger charge is 2.21. The summed E-state index contributed by atoms with van der Waals surface area (Å²) < 4.78 is 5.91. The molecular formula is C21H36N4O2. The van der Waals surface area contributed by atoms with Crippen molar-refractivity contribution in [2.45, 2.75) is 32.8 Å². The quantitative estimate of drug-likeness (QED) is 0.452. The summed E-state index contributed by atoms with van der Waals surface area (Å²) in [7, 11) is 0. The number of ether oxygens (including phenoxy) is 1. The molecule has 0 amide bonds. The Morgan fingerprint density at radius 1 is 1.30 bits per heavy atom. The summed E-state index contributed by atoms with van der Waals surface area (Å²) >= 11 is 0. The minimum Gasteiger partial charge on any atom is -0.396 e. The van der Waals surface area contributed by atoms with Crippen molar-refractivity contribution in [3.63, 3.8) is 0 Å². The second-order valence-electron chi connectivity index (χ2n) is 7.54. The predicted molar refractivity (Wildman–Crippen MR) is 111 cm³/mol. The van der Waals surface area contributed by atoms with E-state index in [-0.39, 0.29) is 18.6 Å². The fourth-order valence-electron chi connectivity index (χ4n) is 3.33. The number of rotatable bonds is 9. The first kappa shape index (κ1) is 21.7. The van der Waals surface area contributed by atoms with Gasteiger partial charge in [-0.2, -0.15) is 0 Å². The molecule has 1 fully saturated rings. The summed E-state index contributed by atoms with van der Waals surface area (Å²) in [5, 5.41) is 16.4. The van der Waals surface area contributed by atoms with Crippen molar-refractivity contribution in [1.29, 1.82) is 0 Å². The summed E-state index contributed by atoms with van der Waals surface area (Å²) in [6.45, 7) is 12.6. The molecule has 152 valence electrons. The highest BCUT2D eigenvalue weighted by Crippen LogP contribution is 2.15. The Balaban J connectivity index is 1.87. The number of nitrogens with one attached hydrogen (secondary N) is 2. The van der Waals surface area contributed by atoms with Crippen molar-refractivity contribution < 1.29 is 9.84 Å². The minimum absolute atomic E-state index is 0.00844. The lowest BCUT2D eigenvalue weighted by Gasteiger charge is -2.34. The van der Waals surface area contributed by atoms with Crippen LogP contribution in [0.15, 0.2) is 35.3 Å². The fourth-order valence-corrected chi connectivity index (χ4v) is 3.33. The molecular weight excluding hydrogens is 340 g/mol. The molecule has 27 heavy (non-hydrogen) atoms. The van der Waals surface area contributed by atoms with Gasteiger partial charge in [0.05, 0.1) is 25.9 Å². The van der Waals surface area contributed by atoms with Gasteiger partial charge in [-0.05, 0) is 18.4 Å². The molecule has 0 spiro atoms. The van der Waals surface area contributed by atoms with Crippen LogP contribution in [0.2, 0.25) is 0 Å². The van der Waals surface area contributed by atoms with Gasteiger partial charge in [0.2, 0.25) is 0 Å². The highest BCUT2D eigenvalue weighted by atomic mass is 16.5. The van der Waals surface area contributed by atoms with Gasteiger partial charge in [0.1, 0.15) is 0 Å². The second-order valence-corrected chi connectivity index (χ2v) is 7.54. The van der Waals surface area contributed by atoms with E-state index in [9.17, 15) is 5.11 Å². The molecule has 2 unspecified atom stereocenters. The summed E-state index contributed by atoms with van der Waals surface area (Å²) in [5.74, 6) is 1.45. The largest absolute Gasteiger partial charge is 0.396 e. The number of nitrogens with zero attached hydrogens (tertiary/aromatic N) is 2. The average Bonchev–Trinajstić information content (AvgIpc) is 2.67. The van der Waals surface area contributed by atoms with E-state index in [4.69, 9.17) is 4.74 Å². The average molecular weight is 377 g/mol. The summed E-state index contributed by atoms with van der Waals surface area (Å²) in [5.41, 5.74) is 1.11. The molecule has 3 N–H and O–H groups in total. The third-order valence-corrected chi connectivity index (χ3v) is 4.65. The number of hydrogen-bond acceptors (Lipinski definition) is 4. The minimum atomic E-state index is 0.00844. The van der Waals surface area contributed by atoms with Crippen molar-refractivity contribution in [2.75, 3.05) is 52.5 Å². The van der Waals surface area contributed by atoms with Crippen LogP contribution < -0.4 is 10.6 Å². The molecule has 6 nitrogen and oxygen atoms in total. The lowest BCUT2D eigenvalue weighted by Crippen LogP contribution is -2.50. The van der Waals surface area contributed by atoms with E-state index in [0.29, 0.717) is 12.5 Å². The van der Waals surface area contributed by atoms with Crippen molar-refractivity contribution >= 4 is 5.96 Å². The lowest BCUT2D eigenvalue weighted by atomic mass is 10.0. The van der Waals surface area contributed by atoms with Crippen LogP contribution in [0.3, 0.4) is 0 Å². The predicted octanol–water partition coefficient (Wildman–Crippen LogP) is 1.67. The summed E-state index contributed by atoms with van der Waals surface area (Å²) in [6.07, 6.45) is 0.170. The fraction of sp³-hybridized carbons (Fsp3) is 0.667. The third-order valence-electron chi connectivity index (χ3n) is 4.65. The Bertz CT molecular complexity index is 550. The van der Waals surface area contributed by atoms with E-state index in [2.05, 4.69) is 41.3 Å². The number of hydrogen-bond donors (Lipinski definition) is 3. The molecule has 1 heterocycles. The molecule has 1 aromatic carbocycles. The molecule has 1 saturated heterocycles. The molecule has 0 aromatic heterocycles. The second kappa shape index (κ2) is 12.0. The first-order valence-electron chi connectivity index (χ1n) is 10.1. The van der Waals surface area contributed by atoms with Gasteiger partial charge in [-0.25, -0.2) is 0 Å². The van der Waals surface area contributed by atoms with Gasteiger partial charge in [0, 0.05) is 38.6 Å². The van der Waals surface area contributed by atoms with Crippen LogP contribution in [0.5, 0.6) is 0 Å².